The maximum absolute atomic E-state index is 13.6. The summed E-state index contributed by atoms with van der Waals surface area (Å²) >= 11 is 0. The quantitative estimate of drug-likeness (QED) is 0.399. The van der Waals surface area contributed by atoms with Crippen LogP contribution in [0.3, 0.4) is 0 Å². The molecule has 1 heterocycles. The number of benzene rings is 3. The second-order valence-corrected chi connectivity index (χ2v) is 6.82. The fourth-order valence-corrected chi connectivity index (χ4v) is 3.03. The highest BCUT2D eigenvalue weighted by atomic mass is 19.1. The molecule has 0 unspecified atom stereocenters. The molecule has 0 radical (unpaired) electrons. The first-order chi connectivity index (χ1) is 14.6. The van der Waals surface area contributed by atoms with Crippen molar-refractivity contribution in [1.29, 1.82) is 0 Å². The van der Waals surface area contributed by atoms with Crippen molar-refractivity contribution in [3.8, 4) is 5.75 Å². The Kier molecular flexibility index (Phi) is 5.99. The van der Waals surface area contributed by atoms with E-state index in [1.165, 1.54) is 12.1 Å². The molecule has 154 valence electrons. The summed E-state index contributed by atoms with van der Waals surface area (Å²) in [6.45, 7) is 0.740. The molecule has 0 aliphatic heterocycles. The zero-order valence-electron chi connectivity index (χ0n) is 16.0. The third-order valence-electron chi connectivity index (χ3n) is 4.59. The summed E-state index contributed by atoms with van der Waals surface area (Å²) in [6, 6.07) is 15.0. The largest absolute Gasteiger partial charge is 0.489 e. The molecule has 30 heavy (non-hydrogen) atoms. The Hall–Kier alpha value is -3.32. The number of ether oxygens (including phenoxy) is 2. The highest BCUT2D eigenvalue weighted by molar-refractivity contribution is 5.74. The van der Waals surface area contributed by atoms with Crippen LogP contribution in [-0.4, -0.2) is 16.6 Å². The van der Waals surface area contributed by atoms with E-state index in [2.05, 4.69) is 9.97 Å². The number of nitrogens with one attached hydrogen (secondary N) is 1. The van der Waals surface area contributed by atoms with E-state index >= 15 is 0 Å². The van der Waals surface area contributed by atoms with Gasteiger partial charge < -0.3 is 14.5 Å². The summed E-state index contributed by atoms with van der Waals surface area (Å²) in [5, 5.41) is 0. The van der Waals surface area contributed by atoms with Gasteiger partial charge in [-0.15, -0.1) is 0 Å². The van der Waals surface area contributed by atoms with Gasteiger partial charge >= 0.3 is 0 Å². The van der Waals surface area contributed by atoms with E-state index in [1.54, 1.807) is 18.2 Å². The van der Waals surface area contributed by atoms with Gasteiger partial charge in [-0.05, 0) is 60.5 Å². The fourth-order valence-electron chi connectivity index (χ4n) is 3.03. The Bertz CT molecular complexity index is 1140. The number of rotatable bonds is 8. The van der Waals surface area contributed by atoms with Crippen molar-refractivity contribution in [3.05, 3.63) is 95.1 Å². The van der Waals surface area contributed by atoms with Crippen LogP contribution < -0.4 is 4.74 Å². The lowest BCUT2D eigenvalue weighted by Gasteiger charge is -2.08. The third-order valence-corrected chi connectivity index (χ3v) is 4.59. The number of aromatic nitrogens is 2. The first kappa shape index (κ1) is 20.0. The lowest BCUT2D eigenvalue weighted by atomic mass is 10.1. The van der Waals surface area contributed by atoms with Crippen molar-refractivity contribution in [3.63, 3.8) is 0 Å². The van der Waals surface area contributed by atoms with Crippen LogP contribution in [0.1, 0.15) is 17.0 Å². The van der Waals surface area contributed by atoms with E-state index in [4.69, 9.17) is 9.47 Å². The molecule has 0 fully saturated rings. The predicted octanol–water partition coefficient (Wildman–Crippen LogP) is 5.32. The molecule has 4 nitrogen and oxygen atoms in total. The Balaban J connectivity index is 1.23. The van der Waals surface area contributed by atoms with Crippen molar-refractivity contribution in [1.82, 2.24) is 9.97 Å². The first-order valence-corrected chi connectivity index (χ1v) is 9.44. The molecule has 0 amide bonds. The zero-order chi connectivity index (χ0) is 20.9. The Morgan fingerprint density at radius 1 is 0.833 bits per heavy atom. The molecule has 0 spiro atoms. The zero-order valence-corrected chi connectivity index (χ0v) is 16.0. The lowest BCUT2D eigenvalue weighted by Crippen LogP contribution is -2.01. The Morgan fingerprint density at radius 3 is 2.43 bits per heavy atom. The van der Waals surface area contributed by atoms with Crippen LogP contribution in [0.2, 0.25) is 0 Å². The van der Waals surface area contributed by atoms with Gasteiger partial charge in [0, 0.05) is 5.56 Å². The van der Waals surface area contributed by atoms with Gasteiger partial charge in [0.25, 0.3) is 0 Å². The second-order valence-electron chi connectivity index (χ2n) is 6.82. The van der Waals surface area contributed by atoms with Crippen LogP contribution in [0, 0.1) is 17.5 Å². The van der Waals surface area contributed by atoms with E-state index in [0.717, 1.165) is 23.8 Å². The smallest absolute Gasteiger partial charge is 0.133 e. The van der Waals surface area contributed by atoms with Crippen LogP contribution in [-0.2, 0) is 24.4 Å². The summed E-state index contributed by atoms with van der Waals surface area (Å²) < 4.78 is 51.2. The Morgan fingerprint density at radius 2 is 1.60 bits per heavy atom. The molecule has 4 rings (SSSR count). The van der Waals surface area contributed by atoms with Crippen LogP contribution in [0.15, 0.2) is 60.7 Å². The van der Waals surface area contributed by atoms with Gasteiger partial charge in [0.15, 0.2) is 0 Å². The summed E-state index contributed by atoms with van der Waals surface area (Å²) in [7, 11) is 0. The monoisotopic (exact) mass is 412 g/mol. The number of aromatic amines is 1. The SMILES string of the molecule is Fc1ccc(F)c(COc2ccc(CCOCc3nc4ccc(F)cc4[nH]3)cc2)c1. The van der Waals surface area contributed by atoms with Crippen LogP contribution in [0.25, 0.3) is 11.0 Å². The van der Waals surface area contributed by atoms with Crippen molar-refractivity contribution >= 4 is 11.0 Å². The maximum Gasteiger partial charge on any atom is 0.133 e. The van der Waals surface area contributed by atoms with Crippen LogP contribution in [0.4, 0.5) is 13.2 Å². The maximum atomic E-state index is 13.6. The van der Waals surface area contributed by atoms with Gasteiger partial charge in [0.05, 0.1) is 17.6 Å². The van der Waals surface area contributed by atoms with Gasteiger partial charge in [-0.25, -0.2) is 18.2 Å². The summed E-state index contributed by atoms with van der Waals surface area (Å²) in [5.74, 6) is -0.103. The second kappa shape index (κ2) is 9.00. The highest BCUT2D eigenvalue weighted by Crippen LogP contribution is 2.17. The molecular weight excluding hydrogens is 393 g/mol. The van der Waals surface area contributed by atoms with Crippen LogP contribution >= 0.6 is 0 Å². The van der Waals surface area contributed by atoms with Crippen molar-refractivity contribution in [2.45, 2.75) is 19.6 Å². The standard InChI is InChI=1S/C23H19F3N2O2/c24-17-3-7-20(26)16(11-17)13-30-19-5-1-15(2-6-19)9-10-29-14-23-27-21-8-4-18(25)12-22(21)28-23/h1-8,11-12H,9-10,13-14H2,(H,27,28). The molecule has 4 aromatic rings. The van der Waals surface area contributed by atoms with Crippen LogP contribution in [0.5, 0.6) is 5.75 Å². The number of fused-ring (bicyclic) bond motifs is 1. The van der Waals surface area contributed by atoms with E-state index in [9.17, 15) is 13.2 Å². The third kappa shape index (κ3) is 4.99. The minimum Gasteiger partial charge on any atom is -0.489 e. The molecule has 0 saturated carbocycles. The van der Waals surface area contributed by atoms with Gasteiger partial charge in [0.2, 0.25) is 0 Å². The number of imidazole rings is 1. The number of H-pyrrole nitrogens is 1. The normalized spacial score (nSPS) is 11.2. The summed E-state index contributed by atoms with van der Waals surface area (Å²) in [4.78, 5) is 7.39. The molecule has 0 aliphatic carbocycles. The fraction of sp³-hybridized carbons (Fsp3) is 0.174. The number of halogens is 3. The predicted molar refractivity (Wildman–Crippen MR) is 107 cm³/mol. The van der Waals surface area contributed by atoms with E-state index < -0.39 is 11.6 Å². The topological polar surface area (TPSA) is 47.1 Å². The minimum absolute atomic E-state index is 0.0482. The number of hydrogen-bond donors (Lipinski definition) is 1. The Labute approximate surface area is 171 Å². The lowest BCUT2D eigenvalue weighted by molar-refractivity contribution is 0.119. The molecular formula is C23H19F3N2O2. The van der Waals surface area contributed by atoms with Crippen molar-refractivity contribution < 1.29 is 22.6 Å². The molecule has 1 N–H and O–H groups in total. The van der Waals surface area contributed by atoms with E-state index in [-0.39, 0.29) is 18.0 Å². The molecule has 0 atom stereocenters. The first-order valence-electron chi connectivity index (χ1n) is 9.44. The molecule has 0 bridgehead atoms. The minimum atomic E-state index is -0.500. The van der Waals surface area contributed by atoms with Gasteiger partial charge in [0.1, 0.15) is 42.2 Å². The van der Waals surface area contributed by atoms with Gasteiger partial charge in [-0.1, -0.05) is 12.1 Å². The number of nitrogens with zero attached hydrogens (tertiary/aromatic N) is 1. The van der Waals surface area contributed by atoms with Crippen molar-refractivity contribution in [2.75, 3.05) is 6.61 Å². The average molecular weight is 412 g/mol. The van der Waals surface area contributed by atoms with Gasteiger partial charge in [-0.3, -0.25) is 0 Å². The molecule has 1 aromatic heterocycles. The molecule has 0 saturated heterocycles. The van der Waals surface area contributed by atoms with E-state index in [1.807, 2.05) is 12.1 Å². The number of hydrogen-bond acceptors (Lipinski definition) is 3. The van der Waals surface area contributed by atoms with Gasteiger partial charge in [-0.2, -0.15) is 0 Å². The summed E-state index contributed by atoms with van der Waals surface area (Å²) in [6.07, 6.45) is 0.688. The molecule has 3 aromatic carbocycles. The molecule has 0 aliphatic rings. The summed E-state index contributed by atoms with van der Waals surface area (Å²) in [5.41, 5.74) is 2.55. The van der Waals surface area contributed by atoms with Crippen molar-refractivity contribution in [2.24, 2.45) is 0 Å². The highest BCUT2D eigenvalue weighted by Gasteiger charge is 2.06. The average Bonchev–Trinajstić information content (AvgIpc) is 3.14. The molecule has 7 heteroatoms. The van der Waals surface area contributed by atoms with E-state index in [0.29, 0.717) is 42.2 Å².